The molecule has 0 spiro atoms. The molecule has 3 amide bonds. The molecule has 1 fully saturated rings. The van der Waals surface area contributed by atoms with E-state index in [-0.39, 0.29) is 11.4 Å². The topological polar surface area (TPSA) is 84.9 Å². The summed E-state index contributed by atoms with van der Waals surface area (Å²) in [5, 5.41) is 13.8. The summed E-state index contributed by atoms with van der Waals surface area (Å²) in [4.78, 5) is 25.9. The molecule has 7 nitrogen and oxygen atoms in total. The second-order valence-electron chi connectivity index (χ2n) is 5.98. The van der Waals surface area contributed by atoms with Crippen LogP contribution >= 0.6 is 0 Å². The van der Waals surface area contributed by atoms with E-state index < -0.39 is 23.8 Å². The van der Waals surface area contributed by atoms with Crippen LogP contribution in [0.15, 0.2) is 42.5 Å². The van der Waals surface area contributed by atoms with Crippen molar-refractivity contribution in [2.75, 3.05) is 41.7 Å². The van der Waals surface area contributed by atoms with Crippen molar-refractivity contribution >= 4 is 29.2 Å². The highest BCUT2D eigenvalue weighted by molar-refractivity contribution is 5.99. The number of nitrogens with one attached hydrogen (secondary N) is 2. The van der Waals surface area contributed by atoms with E-state index in [9.17, 15) is 18.4 Å². The molecule has 0 radical (unpaired) electrons. The van der Waals surface area contributed by atoms with Crippen LogP contribution < -0.4 is 15.5 Å². The van der Waals surface area contributed by atoms with Crippen LogP contribution in [0, 0.1) is 11.6 Å². The summed E-state index contributed by atoms with van der Waals surface area (Å²) < 4.78 is 28.0. The molecule has 9 heteroatoms. The van der Waals surface area contributed by atoms with E-state index in [1.54, 1.807) is 11.0 Å². The standard InChI is InChI=1S/C18H18F2N4O3/c19-13-3-1-2-4-15(13)22-17(25)21-12-5-6-16(14(20)11-12)23-7-9-24(10-8-23)18(26)27/h1-6,11H,7-10H2,(H,26,27)(H2,21,22,25). The summed E-state index contributed by atoms with van der Waals surface area (Å²) >= 11 is 0. The lowest BCUT2D eigenvalue weighted by Crippen LogP contribution is -2.48. The first-order chi connectivity index (χ1) is 12.9. The zero-order valence-corrected chi connectivity index (χ0v) is 14.3. The van der Waals surface area contributed by atoms with Gasteiger partial charge in [0.2, 0.25) is 0 Å². The average molecular weight is 376 g/mol. The maximum Gasteiger partial charge on any atom is 0.407 e. The molecule has 0 bridgehead atoms. The maximum atomic E-state index is 14.4. The third kappa shape index (κ3) is 4.43. The molecule has 0 atom stereocenters. The molecule has 27 heavy (non-hydrogen) atoms. The van der Waals surface area contributed by atoms with Crippen LogP contribution in [0.3, 0.4) is 0 Å². The molecule has 0 aliphatic carbocycles. The van der Waals surface area contributed by atoms with Crippen LogP contribution in [0.4, 0.5) is 35.4 Å². The van der Waals surface area contributed by atoms with Crippen LogP contribution in [-0.2, 0) is 0 Å². The Balaban J connectivity index is 1.62. The molecule has 3 N–H and O–H groups in total. The molecular weight excluding hydrogens is 358 g/mol. The number of amides is 3. The highest BCUT2D eigenvalue weighted by Gasteiger charge is 2.22. The van der Waals surface area contributed by atoms with E-state index >= 15 is 0 Å². The molecule has 2 aromatic carbocycles. The molecule has 2 aromatic rings. The highest BCUT2D eigenvalue weighted by atomic mass is 19.1. The van der Waals surface area contributed by atoms with Crippen LogP contribution in [0.5, 0.6) is 0 Å². The monoisotopic (exact) mass is 376 g/mol. The summed E-state index contributed by atoms with van der Waals surface area (Å²) in [7, 11) is 0. The van der Waals surface area contributed by atoms with Gasteiger partial charge in [-0.2, -0.15) is 0 Å². The molecule has 0 unspecified atom stereocenters. The van der Waals surface area contributed by atoms with Crippen LogP contribution in [-0.4, -0.2) is 48.3 Å². The molecule has 3 rings (SSSR count). The van der Waals surface area contributed by atoms with Crippen molar-refractivity contribution in [2.45, 2.75) is 0 Å². The van der Waals surface area contributed by atoms with Crippen molar-refractivity contribution in [3.63, 3.8) is 0 Å². The Kier molecular flexibility index (Phi) is 5.39. The fourth-order valence-corrected chi connectivity index (χ4v) is 2.83. The van der Waals surface area contributed by atoms with Gasteiger partial charge in [0, 0.05) is 31.9 Å². The Morgan fingerprint density at radius 2 is 1.63 bits per heavy atom. The normalized spacial score (nSPS) is 14.0. The molecule has 1 aliphatic heterocycles. The second-order valence-corrected chi connectivity index (χ2v) is 5.98. The lowest BCUT2D eigenvalue weighted by atomic mass is 10.2. The quantitative estimate of drug-likeness (QED) is 0.766. The molecule has 1 saturated heterocycles. The molecule has 1 heterocycles. The van der Waals surface area contributed by atoms with Gasteiger partial charge in [0.15, 0.2) is 0 Å². The van der Waals surface area contributed by atoms with E-state index in [4.69, 9.17) is 5.11 Å². The number of nitrogens with zero attached hydrogens (tertiary/aromatic N) is 2. The van der Waals surface area contributed by atoms with E-state index in [0.29, 0.717) is 31.9 Å². The summed E-state index contributed by atoms with van der Waals surface area (Å²) in [6, 6.07) is 9.24. The van der Waals surface area contributed by atoms with Crippen molar-refractivity contribution in [3.8, 4) is 0 Å². The molecule has 1 aliphatic rings. The van der Waals surface area contributed by atoms with Crippen LogP contribution in [0.25, 0.3) is 0 Å². The Labute approximate surface area is 154 Å². The number of hydrogen-bond donors (Lipinski definition) is 3. The third-order valence-corrected chi connectivity index (χ3v) is 4.22. The Morgan fingerprint density at radius 3 is 2.26 bits per heavy atom. The van der Waals surface area contributed by atoms with Gasteiger partial charge in [0.05, 0.1) is 11.4 Å². The number of hydrogen-bond acceptors (Lipinski definition) is 3. The van der Waals surface area contributed by atoms with Gasteiger partial charge in [-0.15, -0.1) is 0 Å². The smallest absolute Gasteiger partial charge is 0.407 e. The number of benzene rings is 2. The number of carbonyl (C=O) groups is 2. The van der Waals surface area contributed by atoms with Crippen molar-refractivity contribution in [2.24, 2.45) is 0 Å². The van der Waals surface area contributed by atoms with Gasteiger partial charge in [-0.3, -0.25) is 0 Å². The van der Waals surface area contributed by atoms with Crippen LogP contribution in [0.1, 0.15) is 0 Å². The summed E-state index contributed by atoms with van der Waals surface area (Å²) in [5.74, 6) is -1.11. The van der Waals surface area contributed by atoms with E-state index in [1.165, 1.54) is 41.3 Å². The van der Waals surface area contributed by atoms with E-state index in [2.05, 4.69) is 10.6 Å². The van der Waals surface area contributed by atoms with Crippen molar-refractivity contribution in [1.29, 1.82) is 0 Å². The number of piperazine rings is 1. The molecular formula is C18H18F2N4O3. The minimum Gasteiger partial charge on any atom is -0.465 e. The third-order valence-electron chi connectivity index (χ3n) is 4.22. The summed E-state index contributed by atoms with van der Waals surface area (Å²) in [6.45, 7) is 1.34. The zero-order chi connectivity index (χ0) is 19.4. The maximum absolute atomic E-state index is 14.4. The Hall–Kier alpha value is -3.36. The lowest BCUT2D eigenvalue weighted by Gasteiger charge is -2.34. The number of halogens is 2. The van der Waals surface area contributed by atoms with Gasteiger partial charge in [0.1, 0.15) is 11.6 Å². The average Bonchev–Trinajstić information content (AvgIpc) is 2.64. The van der Waals surface area contributed by atoms with Gasteiger partial charge >= 0.3 is 12.1 Å². The fourth-order valence-electron chi connectivity index (χ4n) is 2.83. The van der Waals surface area contributed by atoms with Gasteiger partial charge < -0.3 is 25.5 Å². The Bertz CT molecular complexity index is 854. The number of urea groups is 1. The predicted octanol–water partition coefficient (Wildman–Crippen LogP) is 3.41. The van der Waals surface area contributed by atoms with Crippen molar-refractivity contribution < 1.29 is 23.5 Å². The largest absolute Gasteiger partial charge is 0.465 e. The minimum atomic E-state index is -0.990. The fraction of sp³-hybridized carbons (Fsp3) is 0.222. The zero-order valence-electron chi connectivity index (χ0n) is 14.3. The van der Waals surface area contributed by atoms with Gasteiger partial charge in [-0.25, -0.2) is 18.4 Å². The molecule has 0 saturated carbocycles. The number of carboxylic acid groups (broad SMARTS) is 1. The van der Waals surface area contributed by atoms with Crippen molar-refractivity contribution in [3.05, 3.63) is 54.1 Å². The van der Waals surface area contributed by atoms with E-state index in [0.717, 1.165) is 0 Å². The van der Waals surface area contributed by atoms with Gasteiger partial charge in [0.25, 0.3) is 0 Å². The number of rotatable bonds is 3. The summed E-state index contributed by atoms with van der Waals surface area (Å²) in [5.41, 5.74) is 0.567. The van der Waals surface area contributed by atoms with Crippen molar-refractivity contribution in [1.82, 2.24) is 4.90 Å². The first kappa shape index (κ1) is 18.4. The van der Waals surface area contributed by atoms with Crippen LogP contribution in [0.2, 0.25) is 0 Å². The lowest BCUT2D eigenvalue weighted by molar-refractivity contribution is 0.142. The number of anilines is 3. The highest BCUT2D eigenvalue weighted by Crippen LogP contribution is 2.24. The predicted molar refractivity (Wildman–Crippen MR) is 97.3 cm³/mol. The SMILES string of the molecule is O=C(Nc1ccc(N2CCN(C(=O)O)CC2)c(F)c1)Nc1ccccc1F. The minimum absolute atomic E-state index is 0.0170. The number of carbonyl (C=O) groups excluding carboxylic acids is 1. The first-order valence-electron chi connectivity index (χ1n) is 8.29. The summed E-state index contributed by atoms with van der Waals surface area (Å²) in [6.07, 6.45) is -0.990. The second kappa shape index (κ2) is 7.90. The first-order valence-corrected chi connectivity index (χ1v) is 8.29. The van der Waals surface area contributed by atoms with Gasteiger partial charge in [-0.05, 0) is 30.3 Å². The van der Waals surface area contributed by atoms with E-state index in [1.807, 2.05) is 0 Å². The molecule has 142 valence electrons. The number of para-hydroxylation sites is 1. The molecule has 0 aromatic heterocycles. The van der Waals surface area contributed by atoms with Gasteiger partial charge in [-0.1, -0.05) is 12.1 Å². The Morgan fingerprint density at radius 1 is 0.926 bits per heavy atom.